The molecule has 1 unspecified atom stereocenters. The lowest BCUT2D eigenvalue weighted by molar-refractivity contribution is -0.139. The number of carboxylic acid groups (broad SMARTS) is 1. The minimum Gasteiger partial charge on any atom is -0.481 e. The monoisotopic (exact) mass is 416 g/mol. The highest BCUT2D eigenvalue weighted by Crippen LogP contribution is 2.38. The van der Waals surface area contributed by atoms with E-state index in [0.717, 1.165) is 51.2 Å². The second kappa shape index (κ2) is 7.76. The van der Waals surface area contributed by atoms with Crippen LogP contribution in [0.15, 0.2) is 42.6 Å². The Morgan fingerprint density at radius 2 is 1.97 bits per heavy atom. The average molecular weight is 417 g/mol. The van der Waals surface area contributed by atoms with Crippen LogP contribution >= 0.6 is 0 Å². The maximum Gasteiger partial charge on any atom is 0.311 e. The zero-order valence-corrected chi connectivity index (χ0v) is 18.7. The van der Waals surface area contributed by atoms with Crippen LogP contribution < -0.4 is 0 Å². The quantitative estimate of drug-likeness (QED) is 0.463. The summed E-state index contributed by atoms with van der Waals surface area (Å²) in [6.45, 7) is 10.2. The van der Waals surface area contributed by atoms with E-state index < -0.39 is 11.9 Å². The summed E-state index contributed by atoms with van der Waals surface area (Å²) in [5, 5.41) is 16.0. The Hall–Kier alpha value is -3.28. The Morgan fingerprint density at radius 3 is 2.65 bits per heavy atom. The van der Waals surface area contributed by atoms with Gasteiger partial charge in [0.25, 0.3) is 0 Å². The van der Waals surface area contributed by atoms with Gasteiger partial charge in [0.2, 0.25) is 0 Å². The Bertz CT molecular complexity index is 1280. The molecule has 0 spiro atoms. The molecular formula is C25H28N4O2. The van der Waals surface area contributed by atoms with E-state index in [2.05, 4.69) is 25.8 Å². The fraction of sp³-hybridized carbons (Fsp3) is 0.360. The highest BCUT2D eigenvalue weighted by molar-refractivity contribution is 5.96. The van der Waals surface area contributed by atoms with E-state index >= 15 is 0 Å². The van der Waals surface area contributed by atoms with E-state index in [1.807, 2.05) is 54.8 Å². The molecule has 0 saturated heterocycles. The number of benzene rings is 1. The number of nitrogens with zero attached hydrogens (tertiary/aromatic N) is 4. The van der Waals surface area contributed by atoms with E-state index in [1.165, 1.54) is 0 Å². The molecule has 31 heavy (non-hydrogen) atoms. The second-order valence-corrected chi connectivity index (χ2v) is 9.06. The number of hydrogen-bond acceptors (Lipinski definition) is 4. The van der Waals surface area contributed by atoms with Gasteiger partial charge in [-0.3, -0.25) is 9.78 Å². The fourth-order valence-corrected chi connectivity index (χ4v) is 4.17. The summed E-state index contributed by atoms with van der Waals surface area (Å²) in [6, 6.07) is 11.9. The Balaban J connectivity index is 2.17. The summed E-state index contributed by atoms with van der Waals surface area (Å²) in [6.07, 6.45) is 3.06. The predicted molar refractivity (Wildman–Crippen MR) is 122 cm³/mol. The van der Waals surface area contributed by atoms with Crippen molar-refractivity contribution in [1.29, 1.82) is 0 Å². The number of pyridine rings is 1. The Labute approximate surface area is 182 Å². The lowest BCUT2D eigenvalue weighted by Crippen LogP contribution is -2.17. The van der Waals surface area contributed by atoms with Crippen molar-refractivity contribution < 1.29 is 9.90 Å². The standard InChI is InChI=1S/C25H28N4O2/c1-6-9-18(24(30)31)22-15(2)27-21-14-20(25(3,4)5)28-29(21)23(22)17-10-7-12-19-16(17)11-8-13-26-19/h7-8,10-14,18H,6,9H2,1-5H3,(H,30,31). The summed E-state index contributed by atoms with van der Waals surface area (Å²) in [7, 11) is 0. The van der Waals surface area contributed by atoms with Gasteiger partial charge in [0, 0.05) is 39.9 Å². The van der Waals surface area contributed by atoms with Gasteiger partial charge in [-0.15, -0.1) is 0 Å². The van der Waals surface area contributed by atoms with Crippen molar-refractivity contribution in [3.8, 4) is 11.3 Å². The Morgan fingerprint density at radius 1 is 1.19 bits per heavy atom. The first kappa shape index (κ1) is 21.0. The zero-order chi connectivity index (χ0) is 22.3. The fourth-order valence-electron chi connectivity index (χ4n) is 4.17. The first-order valence-electron chi connectivity index (χ1n) is 10.7. The first-order chi connectivity index (χ1) is 14.7. The van der Waals surface area contributed by atoms with Crippen molar-refractivity contribution in [1.82, 2.24) is 19.6 Å². The van der Waals surface area contributed by atoms with Crippen LogP contribution in [0.5, 0.6) is 0 Å². The topological polar surface area (TPSA) is 80.4 Å². The molecule has 0 aliphatic rings. The number of carbonyl (C=O) groups is 1. The number of rotatable bonds is 5. The molecule has 1 N–H and O–H groups in total. The van der Waals surface area contributed by atoms with Gasteiger partial charge in [0.15, 0.2) is 5.65 Å². The van der Waals surface area contributed by atoms with E-state index in [1.54, 1.807) is 6.20 Å². The molecule has 6 heteroatoms. The van der Waals surface area contributed by atoms with Crippen LogP contribution in [-0.2, 0) is 10.2 Å². The molecular weight excluding hydrogens is 388 g/mol. The Kier molecular flexibility index (Phi) is 5.25. The van der Waals surface area contributed by atoms with Crippen molar-refractivity contribution in [3.63, 3.8) is 0 Å². The second-order valence-electron chi connectivity index (χ2n) is 9.06. The van der Waals surface area contributed by atoms with E-state index in [4.69, 9.17) is 10.1 Å². The first-order valence-corrected chi connectivity index (χ1v) is 10.7. The van der Waals surface area contributed by atoms with E-state index in [0.29, 0.717) is 6.42 Å². The molecule has 1 aromatic carbocycles. The number of aryl methyl sites for hydroxylation is 1. The van der Waals surface area contributed by atoms with Gasteiger partial charge in [-0.2, -0.15) is 5.10 Å². The lowest BCUT2D eigenvalue weighted by atomic mass is 9.88. The van der Waals surface area contributed by atoms with Crippen molar-refractivity contribution in [3.05, 3.63) is 59.5 Å². The smallest absolute Gasteiger partial charge is 0.311 e. The van der Waals surface area contributed by atoms with Crippen LogP contribution in [-0.4, -0.2) is 30.7 Å². The maximum absolute atomic E-state index is 12.3. The number of carboxylic acids is 1. The third-order valence-corrected chi connectivity index (χ3v) is 5.72. The molecule has 1 atom stereocenters. The van der Waals surface area contributed by atoms with Crippen LogP contribution in [0.25, 0.3) is 27.8 Å². The van der Waals surface area contributed by atoms with Crippen LogP contribution in [0.2, 0.25) is 0 Å². The molecule has 4 aromatic rings. The molecule has 0 aliphatic heterocycles. The molecule has 3 heterocycles. The van der Waals surface area contributed by atoms with Crippen molar-refractivity contribution in [2.75, 3.05) is 0 Å². The third kappa shape index (κ3) is 3.67. The summed E-state index contributed by atoms with van der Waals surface area (Å²) in [4.78, 5) is 21.6. The predicted octanol–water partition coefficient (Wildman–Crippen LogP) is 5.52. The highest BCUT2D eigenvalue weighted by atomic mass is 16.4. The van der Waals surface area contributed by atoms with Crippen LogP contribution in [0.1, 0.15) is 63.4 Å². The molecule has 0 amide bonds. The number of fused-ring (bicyclic) bond motifs is 2. The van der Waals surface area contributed by atoms with Crippen LogP contribution in [0, 0.1) is 6.92 Å². The zero-order valence-electron chi connectivity index (χ0n) is 18.7. The normalized spacial score (nSPS) is 13.1. The number of aromatic nitrogens is 4. The average Bonchev–Trinajstić information content (AvgIpc) is 3.15. The highest BCUT2D eigenvalue weighted by Gasteiger charge is 2.29. The SMILES string of the molecule is CCCC(C(=O)O)c1c(C)nc2cc(C(C)(C)C)nn2c1-c1cccc2ncccc12. The van der Waals surface area contributed by atoms with Gasteiger partial charge >= 0.3 is 5.97 Å². The minimum absolute atomic E-state index is 0.158. The molecule has 0 radical (unpaired) electrons. The van der Waals surface area contributed by atoms with Crippen molar-refractivity contribution in [2.24, 2.45) is 0 Å². The number of hydrogen-bond donors (Lipinski definition) is 1. The lowest BCUT2D eigenvalue weighted by Gasteiger charge is -2.21. The van der Waals surface area contributed by atoms with Crippen LogP contribution in [0.3, 0.4) is 0 Å². The van der Waals surface area contributed by atoms with Gasteiger partial charge < -0.3 is 5.11 Å². The van der Waals surface area contributed by atoms with Crippen LogP contribution in [0.4, 0.5) is 0 Å². The van der Waals surface area contributed by atoms with Gasteiger partial charge in [-0.25, -0.2) is 9.50 Å². The van der Waals surface area contributed by atoms with E-state index in [9.17, 15) is 9.90 Å². The summed E-state index contributed by atoms with van der Waals surface area (Å²) in [5.74, 6) is -1.50. The van der Waals surface area contributed by atoms with Gasteiger partial charge in [-0.1, -0.05) is 52.3 Å². The largest absolute Gasteiger partial charge is 0.481 e. The summed E-state index contributed by atoms with van der Waals surface area (Å²) < 4.78 is 1.83. The summed E-state index contributed by atoms with van der Waals surface area (Å²) >= 11 is 0. The molecule has 3 aromatic heterocycles. The third-order valence-electron chi connectivity index (χ3n) is 5.72. The molecule has 4 rings (SSSR count). The van der Waals surface area contributed by atoms with Gasteiger partial charge in [0.05, 0.1) is 22.8 Å². The molecule has 6 nitrogen and oxygen atoms in total. The molecule has 0 bridgehead atoms. The molecule has 160 valence electrons. The molecule has 0 saturated carbocycles. The summed E-state index contributed by atoms with van der Waals surface area (Å²) in [5.41, 5.74) is 5.50. The molecule has 0 fully saturated rings. The van der Waals surface area contributed by atoms with Crippen molar-refractivity contribution in [2.45, 2.75) is 58.8 Å². The number of aliphatic carboxylic acids is 1. The van der Waals surface area contributed by atoms with Crippen molar-refractivity contribution >= 4 is 22.5 Å². The maximum atomic E-state index is 12.3. The van der Waals surface area contributed by atoms with E-state index in [-0.39, 0.29) is 5.41 Å². The van der Waals surface area contributed by atoms with Gasteiger partial charge in [-0.05, 0) is 25.5 Å². The van der Waals surface area contributed by atoms with Gasteiger partial charge in [0.1, 0.15) is 0 Å². The minimum atomic E-state index is -0.839. The molecule has 0 aliphatic carbocycles.